The van der Waals surface area contributed by atoms with E-state index in [0.29, 0.717) is 17.3 Å². The lowest BCUT2D eigenvalue weighted by Crippen LogP contribution is -2.13. The molecule has 1 amide bonds. The number of sulfonamides is 1. The van der Waals surface area contributed by atoms with Crippen molar-refractivity contribution in [2.45, 2.75) is 31.6 Å². The minimum Gasteiger partial charge on any atom is -0.326 e. The van der Waals surface area contributed by atoms with Crippen molar-refractivity contribution in [3.63, 3.8) is 0 Å². The Morgan fingerprint density at radius 3 is 1.91 bits per heavy atom. The Morgan fingerprint density at radius 2 is 1.43 bits per heavy atom. The number of benzene rings is 2. The molecular formula is C17H20N2O3S. The number of anilines is 2. The number of amides is 1. The van der Waals surface area contributed by atoms with E-state index < -0.39 is 10.0 Å². The fourth-order valence-electron chi connectivity index (χ4n) is 2.07. The molecule has 2 aromatic carbocycles. The highest BCUT2D eigenvalue weighted by Gasteiger charge is 2.14. The van der Waals surface area contributed by atoms with Gasteiger partial charge in [-0.3, -0.25) is 9.52 Å². The quantitative estimate of drug-likeness (QED) is 0.879. The molecule has 0 heterocycles. The van der Waals surface area contributed by atoms with Gasteiger partial charge in [0.15, 0.2) is 0 Å². The predicted octanol–water partition coefficient (Wildman–Crippen LogP) is 3.57. The Balaban J connectivity index is 2.16. The van der Waals surface area contributed by atoms with Gasteiger partial charge in [-0.25, -0.2) is 8.42 Å². The zero-order valence-corrected chi connectivity index (χ0v) is 14.1. The third-order valence-corrected chi connectivity index (χ3v) is 4.71. The number of rotatable bonds is 5. The largest absolute Gasteiger partial charge is 0.326 e. The second-order valence-electron chi connectivity index (χ2n) is 5.59. The number of carbonyl (C=O) groups is 1. The van der Waals surface area contributed by atoms with Crippen LogP contribution in [0.4, 0.5) is 11.4 Å². The standard InChI is InChI=1S/C17H20N2O3S/c1-12(2)14-4-6-16(7-5-14)19-23(21,22)17-10-8-15(9-11-17)18-13(3)20/h4-12,19H,1-3H3,(H,18,20). The van der Waals surface area contributed by atoms with Crippen LogP contribution in [-0.2, 0) is 14.8 Å². The van der Waals surface area contributed by atoms with Crippen LogP contribution in [-0.4, -0.2) is 14.3 Å². The number of nitrogens with one attached hydrogen (secondary N) is 2. The van der Waals surface area contributed by atoms with Gasteiger partial charge in [0, 0.05) is 18.3 Å². The van der Waals surface area contributed by atoms with Crippen LogP contribution in [0.25, 0.3) is 0 Å². The minimum absolute atomic E-state index is 0.138. The van der Waals surface area contributed by atoms with Crippen LogP contribution in [0.15, 0.2) is 53.4 Å². The third-order valence-electron chi connectivity index (χ3n) is 3.31. The smallest absolute Gasteiger partial charge is 0.261 e. The van der Waals surface area contributed by atoms with E-state index in [1.54, 1.807) is 24.3 Å². The molecule has 2 N–H and O–H groups in total. The predicted molar refractivity (Wildman–Crippen MR) is 92.1 cm³/mol. The van der Waals surface area contributed by atoms with Gasteiger partial charge in [-0.2, -0.15) is 0 Å². The summed E-state index contributed by atoms with van der Waals surface area (Å²) in [5, 5.41) is 2.60. The van der Waals surface area contributed by atoms with Crippen molar-refractivity contribution in [1.82, 2.24) is 0 Å². The van der Waals surface area contributed by atoms with Crippen LogP contribution < -0.4 is 10.0 Å². The van der Waals surface area contributed by atoms with Gasteiger partial charge in [-0.15, -0.1) is 0 Å². The second-order valence-corrected chi connectivity index (χ2v) is 7.27. The van der Waals surface area contributed by atoms with Gasteiger partial charge < -0.3 is 5.32 Å². The minimum atomic E-state index is -3.65. The first-order chi connectivity index (χ1) is 10.8. The van der Waals surface area contributed by atoms with Crippen LogP contribution >= 0.6 is 0 Å². The van der Waals surface area contributed by atoms with Gasteiger partial charge in [-0.05, 0) is 47.9 Å². The molecule has 6 heteroatoms. The fourth-order valence-corrected chi connectivity index (χ4v) is 3.13. The molecular weight excluding hydrogens is 312 g/mol. The highest BCUT2D eigenvalue weighted by atomic mass is 32.2. The molecule has 122 valence electrons. The van der Waals surface area contributed by atoms with Crippen molar-refractivity contribution in [2.24, 2.45) is 0 Å². The average molecular weight is 332 g/mol. The van der Waals surface area contributed by atoms with Gasteiger partial charge in [0.2, 0.25) is 5.91 Å². The SMILES string of the molecule is CC(=O)Nc1ccc(S(=O)(=O)Nc2ccc(C(C)C)cc2)cc1. The third kappa shape index (κ3) is 4.56. The molecule has 0 unspecified atom stereocenters. The normalized spacial score (nSPS) is 11.3. The van der Waals surface area contributed by atoms with Gasteiger partial charge in [0.05, 0.1) is 4.90 Å². The summed E-state index contributed by atoms with van der Waals surface area (Å²) < 4.78 is 27.3. The number of carbonyl (C=O) groups excluding carboxylic acids is 1. The maximum atomic E-state index is 12.4. The first-order valence-electron chi connectivity index (χ1n) is 7.28. The van der Waals surface area contributed by atoms with Crippen molar-refractivity contribution in [3.8, 4) is 0 Å². The van der Waals surface area contributed by atoms with Crippen LogP contribution in [0, 0.1) is 0 Å². The summed E-state index contributed by atoms with van der Waals surface area (Å²) in [6.07, 6.45) is 0. The maximum Gasteiger partial charge on any atom is 0.261 e. The zero-order valence-electron chi connectivity index (χ0n) is 13.3. The zero-order chi connectivity index (χ0) is 17.0. The molecule has 0 saturated heterocycles. The summed E-state index contributed by atoms with van der Waals surface area (Å²) >= 11 is 0. The lowest BCUT2D eigenvalue weighted by Gasteiger charge is -2.10. The van der Waals surface area contributed by atoms with E-state index in [4.69, 9.17) is 0 Å². The molecule has 2 aromatic rings. The Hall–Kier alpha value is -2.34. The van der Waals surface area contributed by atoms with E-state index in [0.717, 1.165) is 5.56 Å². The molecule has 0 aliphatic rings. The second kappa shape index (κ2) is 6.83. The monoisotopic (exact) mass is 332 g/mol. The summed E-state index contributed by atoms with van der Waals surface area (Å²) in [6, 6.07) is 13.3. The number of hydrogen-bond acceptors (Lipinski definition) is 3. The molecule has 0 atom stereocenters. The lowest BCUT2D eigenvalue weighted by molar-refractivity contribution is -0.114. The van der Waals surface area contributed by atoms with Crippen molar-refractivity contribution >= 4 is 27.3 Å². The molecule has 0 radical (unpaired) electrons. The Morgan fingerprint density at radius 1 is 0.913 bits per heavy atom. The van der Waals surface area contributed by atoms with E-state index in [9.17, 15) is 13.2 Å². The Labute approximate surface area is 136 Å². The lowest BCUT2D eigenvalue weighted by atomic mass is 10.0. The van der Waals surface area contributed by atoms with E-state index >= 15 is 0 Å². The molecule has 0 bridgehead atoms. The average Bonchev–Trinajstić information content (AvgIpc) is 2.47. The van der Waals surface area contributed by atoms with E-state index in [1.807, 2.05) is 12.1 Å². The molecule has 0 fully saturated rings. The highest BCUT2D eigenvalue weighted by molar-refractivity contribution is 7.92. The van der Waals surface area contributed by atoms with Crippen LogP contribution in [0.5, 0.6) is 0 Å². The number of hydrogen-bond donors (Lipinski definition) is 2. The molecule has 0 aromatic heterocycles. The molecule has 5 nitrogen and oxygen atoms in total. The molecule has 0 aliphatic heterocycles. The summed E-state index contributed by atoms with van der Waals surface area (Å²) in [5.74, 6) is 0.186. The van der Waals surface area contributed by atoms with Gasteiger partial charge in [-0.1, -0.05) is 26.0 Å². The molecule has 0 saturated carbocycles. The Bertz CT molecular complexity index is 780. The maximum absolute atomic E-state index is 12.4. The van der Waals surface area contributed by atoms with E-state index in [1.165, 1.54) is 19.1 Å². The molecule has 23 heavy (non-hydrogen) atoms. The van der Waals surface area contributed by atoms with Gasteiger partial charge in [0.1, 0.15) is 0 Å². The topological polar surface area (TPSA) is 75.3 Å². The van der Waals surface area contributed by atoms with Crippen LogP contribution in [0.1, 0.15) is 32.3 Å². The summed E-state index contributed by atoms with van der Waals surface area (Å²) in [4.78, 5) is 11.1. The van der Waals surface area contributed by atoms with Crippen molar-refractivity contribution < 1.29 is 13.2 Å². The summed E-state index contributed by atoms with van der Waals surface area (Å²) in [6.45, 7) is 5.55. The summed E-state index contributed by atoms with van der Waals surface area (Å²) in [5.41, 5.74) is 2.21. The summed E-state index contributed by atoms with van der Waals surface area (Å²) in [7, 11) is -3.65. The van der Waals surface area contributed by atoms with E-state index in [-0.39, 0.29) is 10.8 Å². The molecule has 0 spiro atoms. The fraction of sp³-hybridized carbons (Fsp3) is 0.235. The van der Waals surface area contributed by atoms with Crippen LogP contribution in [0.3, 0.4) is 0 Å². The van der Waals surface area contributed by atoms with Gasteiger partial charge >= 0.3 is 0 Å². The van der Waals surface area contributed by atoms with Crippen molar-refractivity contribution in [2.75, 3.05) is 10.0 Å². The highest BCUT2D eigenvalue weighted by Crippen LogP contribution is 2.21. The van der Waals surface area contributed by atoms with Crippen molar-refractivity contribution in [3.05, 3.63) is 54.1 Å². The molecule has 0 aliphatic carbocycles. The first kappa shape index (κ1) is 17.0. The van der Waals surface area contributed by atoms with Crippen molar-refractivity contribution in [1.29, 1.82) is 0 Å². The van der Waals surface area contributed by atoms with Crippen LogP contribution in [0.2, 0.25) is 0 Å². The van der Waals surface area contributed by atoms with Gasteiger partial charge in [0.25, 0.3) is 10.0 Å². The van der Waals surface area contributed by atoms with E-state index in [2.05, 4.69) is 23.9 Å². The Kier molecular flexibility index (Phi) is 5.05. The first-order valence-corrected chi connectivity index (χ1v) is 8.76. The molecule has 2 rings (SSSR count).